The summed E-state index contributed by atoms with van der Waals surface area (Å²) in [5, 5.41) is 17.3. The van der Waals surface area contributed by atoms with E-state index in [2.05, 4.69) is 31.1 Å². The number of ether oxygens (including phenoxy) is 2. The van der Waals surface area contributed by atoms with Crippen LogP contribution >= 0.6 is 39.3 Å². The minimum absolute atomic E-state index is 0.0645. The van der Waals surface area contributed by atoms with E-state index in [0.29, 0.717) is 40.1 Å². The lowest BCUT2D eigenvalue weighted by Crippen LogP contribution is -1.97. The molecule has 0 atom stereocenters. The Labute approximate surface area is 190 Å². The fourth-order valence-corrected chi connectivity index (χ4v) is 3.93. The number of thioether (sulfide) groups is 1. The predicted octanol–water partition coefficient (Wildman–Crippen LogP) is 5.51. The van der Waals surface area contributed by atoms with Crippen LogP contribution in [0.3, 0.4) is 0 Å². The van der Waals surface area contributed by atoms with Crippen LogP contribution in [0.5, 0.6) is 11.5 Å². The van der Waals surface area contributed by atoms with Gasteiger partial charge < -0.3 is 14.6 Å². The van der Waals surface area contributed by atoms with Crippen molar-refractivity contribution in [3.8, 4) is 22.9 Å². The average Bonchev–Trinajstić information content (AvgIpc) is 3.18. The van der Waals surface area contributed by atoms with Crippen LogP contribution in [0, 0.1) is 0 Å². The Morgan fingerprint density at radius 3 is 2.73 bits per heavy atom. The van der Waals surface area contributed by atoms with E-state index < -0.39 is 5.97 Å². The van der Waals surface area contributed by atoms with Gasteiger partial charge in [0.2, 0.25) is 5.16 Å². The number of H-pyrrole nitrogens is 1. The standard InChI is InChI=1S/C20H17BrClN3O4S/c1-3-29-16-6-4-11(8-14(16)21)9-17(19(26)27)30-20-23-18(24-25-20)13-10-12(22)5-7-15(13)28-2/h4-10H,3H2,1-2H3,(H,26,27)(H,23,24,25)/b17-9-. The van der Waals surface area contributed by atoms with Gasteiger partial charge in [-0.15, -0.1) is 5.10 Å². The maximum absolute atomic E-state index is 11.8. The summed E-state index contributed by atoms with van der Waals surface area (Å²) in [5.74, 6) is 0.593. The van der Waals surface area contributed by atoms with Crippen LogP contribution in [0.2, 0.25) is 5.02 Å². The number of aromatic amines is 1. The summed E-state index contributed by atoms with van der Waals surface area (Å²) in [7, 11) is 1.54. The highest BCUT2D eigenvalue weighted by molar-refractivity contribution is 9.10. The third-order valence-corrected chi connectivity index (χ3v) is 5.58. The van der Waals surface area contributed by atoms with E-state index >= 15 is 0 Å². The third-order valence-electron chi connectivity index (χ3n) is 3.85. The number of methoxy groups -OCH3 is 1. The Morgan fingerprint density at radius 2 is 2.07 bits per heavy atom. The number of halogens is 2. The molecule has 30 heavy (non-hydrogen) atoms. The van der Waals surface area contributed by atoms with Gasteiger partial charge in [0.15, 0.2) is 5.82 Å². The maximum Gasteiger partial charge on any atom is 0.342 e. The first-order valence-electron chi connectivity index (χ1n) is 8.72. The maximum atomic E-state index is 11.8. The molecule has 3 rings (SSSR count). The van der Waals surface area contributed by atoms with Crippen molar-refractivity contribution in [3.63, 3.8) is 0 Å². The molecule has 0 spiro atoms. The number of nitrogens with zero attached hydrogens (tertiary/aromatic N) is 2. The number of rotatable bonds is 8. The smallest absolute Gasteiger partial charge is 0.342 e. The fraction of sp³-hybridized carbons (Fsp3) is 0.150. The van der Waals surface area contributed by atoms with Crippen LogP contribution in [0.25, 0.3) is 17.5 Å². The normalized spacial score (nSPS) is 11.4. The molecule has 2 N–H and O–H groups in total. The van der Waals surface area contributed by atoms with Gasteiger partial charge in [-0.2, -0.15) is 0 Å². The number of hydrogen-bond donors (Lipinski definition) is 2. The molecular formula is C20H17BrClN3O4S. The molecule has 0 saturated carbocycles. The molecule has 0 amide bonds. The van der Waals surface area contributed by atoms with Crippen LogP contribution in [-0.2, 0) is 4.79 Å². The van der Waals surface area contributed by atoms with Crippen molar-refractivity contribution >= 4 is 51.3 Å². The molecule has 0 fully saturated rings. The Morgan fingerprint density at radius 1 is 1.30 bits per heavy atom. The van der Waals surface area contributed by atoms with E-state index in [9.17, 15) is 9.90 Å². The first-order valence-corrected chi connectivity index (χ1v) is 10.7. The first-order chi connectivity index (χ1) is 14.4. The zero-order chi connectivity index (χ0) is 21.7. The Balaban J connectivity index is 1.87. The van der Waals surface area contributed by atoms with Gasteiger partial charge in [0.1, 0.15) is 16.4 Å². The first kappa shape index (κ1) is 22.2. The Bertz CT molecular complexity index is 1100. The zero-order valence-electron chi connectivity index (χ0n) is 16.0. The highest BCUT2D eigenvalue weighted by Gasteiger charge is 2.16. The summed E-state index contributed by atoms with van der Waals surface area (Å²) in [4.78, 5) is 16.2. The van der Waals surface area contributed by atoms with Crippen molar-refractivity contribution in [2.45, 2.75) is 12.1 Å². The summed E-state index contributed by atoms with van der Waals surface area (Å²) in [6.07, 6.45) is 1.55. The highest BCUT2D eigenvalue weighted by atomic mass is 79.9. The number of aliphatic carboxylic acids is 1. The quantitative estimate of drug-likeness (QED) is 0.304. The van der Waals surface area contributed by atoms with Crippen LogP contribution < -0.4 is 9.47 Å². The van der Waals surface area contributed by atoms with Gasteiger partial charge in [-0.05, 0) is 76.6 Å². The summed E-state index contributed by atoms with van der Waals surface area (Å²) in [5.41, 5.74) is 1.32. The van der Waals surface area contributed by atoms with Gasteiger partial charge in [-0.3, -0.25) is 5.10 Å². The van der Waals surface area contributed by atoms with Gasteiger partial charge in [-0.1, -0.05) is 17.7 Å². The molecule has 1 heterocycles. The van der Waals surface area contributed by atoms with Crippen LogP contribution in [0.15, 0.2) is 50.9 Å². The largest absolute Gasteiger partial charge is 0.496 e. The predicted molar refractivity (Wildman–Crippen MR) is 120 cm³/mol. The molecule has 0 radical (unpaired) electrons. The molecule has 2 aromatic carbocycles. The van der Waals surface area contributed by atoms with E-state index in [1.807, 2.05) is 6.92 Å². The molecule has 0 aliphatic rings. The van der Waals surface area contributed by atoms with Crippen LogP contribution in [-0.4, -0.2) is 40.0 Å². The van der Waals surface area contributed by atoms with Gasteiger partial charge in [0.25, 0.3) is 0 Å². The van der Waals surface area contributed by atoms with E-state index in [1.165, 1.54) is 0 Å². The van der Waals surface area contributed by atoms with E-state index in [-0.39, 0.29) is 10.1 Å². The van der Waals surface area contributed by atoms with Crippen molar-refractivity contribution in [1.82, 2.24) is 15.2 Å². The number of hydrogen-bond acceptors (Lipinski definition) is 6. The second kappa shape index (κ2) is 10.0. The molecule has 3 aromatic rings. The topological polar surface area (TPSA) is 97.3 Å². The fourth-order valence-electron chi connectivity index (χ4n) is 2.54. The molecule has 0 saturated heterocycles. The number of carbonyl (C=O) groups is 1. The average molecular weight is 511 g/mol. The molecule has 0 aliphatic carbocycles. The van der Waals surface area contributed by atoms with Gasteiger partial charge >= 0.3 is 5.97 Å². The number of carboxylic acids is 1. The summed E-state index contributed by atoms with van der Waals surface area (Å²) in [6, 6.07) is 10.5. The van der Waals surface area contributed by atoms with Crippen molar-refractivity contribution < 1.29 is 19.4 Å². The lowest BCUT2D eigenvalue weighted by Gasteiger charge is -2.06. The molecule has 156 valence electrons. The molecule has 10 heteroatoms. The van der Waals surface area contributed by atoms with Gasteiger partial charge in [0.05, 0.1) is 23.8 Å². The van der Waals surface area contributed by atoms with Crippen molar-refractivity contribution in [2.24, 2.45) is 0 Å². The Hall–Kier alpha value is -2.49. The monoisotopic (exact) mass is 509 g/mol. The molecule has 0 aliphatic heterocycles. The van der Waals surface area contributed by atoms with Crippen molar-refractivity contribution in [3.05, 3.63) is 56.4 Å². The SMILES string of the molecule is CCOc1ccc(/C=C(\Sc2n[nH]c(-c3cc(Cl)ccc3OC)n2)C(=O)O)cc1Br. The lowest BCUT2D eigenvalue weighted by molar-refractivity contribution is -0.131. The third kappa shape index (κ3) is 5.35. The Kier molecular flexibility index (Phi) is 7.41. The lowest BCUT2D eigenvalue weighted by atomic mass is 10.2. The second-order valence-corrected chi connectivity index (χ2v) is 8.15. The second-order valence-electron chi connectivity index (χ2n) is 5.85. The summed E-state index contributed by atoms with van der Waals surface area (Å²) < 4.78 is 11.5. The zero-order valence-corrected chi connectivity index (χ0v) is 19.1. The van der Waals surface area contributed by atoms with Crippen LogP contribution in [0.4, 0.5) is 0 Å². The summed E-state index contributed by atoms with van der Waals surface area (Å²) >= 11 is 10.4. The highest BCUT2D eigenvalue weighted by Crippen LogP contribution is 2.33. The van der Waals surface area contributed by atoms with E-state index in [4.69, 9.17) is 21.1 Å². The van der Waals surface area contributed by atoms with Gasteiger partial charge in [-0.25, -0.2) is 9.78 Å². The minimum Gasteiger partial charge on any atom is -0.496 e. The number of aromatic nitrogens is 3. The molecule has 7 nitrogen and oxygen atoms in total. The molecule has 0 unspecified atom stereocenters. The molecular weight excluding hydrogens is 494 g/mol. The number of carboxylic acid groups (broad SMARTS) is 1. The van der Waals surface area contributed by atoms with Crippen molar-refractivity contribution in [1.29, 1.82) is 0 Å². The number of nitrogens with one attached hydrogen (secondary N) is 1. The van der Waals surface area contributed by atoms with Crippen LogP contribution in [0.1, 0.15) is 12.5 Å². The van der Waals surface area contributed by atoms with Gasteiger partial charge in [0, 0.05) is 5.02 Å². The van der Waals surface area contributed by atoms with E-state index in [1.54, 1.807) is 49.6 Å². The van der Waals surface area contributed by atoms with Crippen molar-refractivity contribution in [2.75, 3.05) is 13.7 Å². The van der Waals surface area contributed by atoms with E-state index in [0.717, 1.165) is 16.2 Å². The molecule has 0 bridgehead atoms. The minimum atomic E-state index is -1.09. The summed E-state index contributed by atoms with van der Waals surface area (Å²) in [6.45, 7) is 2.43. The molecule has 1 aromatic heterocycles. The number of benzene rings is 2.